The van der Waals surface area contributed by atoms with Crippen molar-refractivity contribution in [3.63, 3.8) is 0 Å². The molecule has 1 amide bonds. The minimum Gasteiger partial charge on any atom is -0.482 e. The van der Waals surface area contributed by atoms with Gasteiger partial charge < -0.3 is 15.0 Å². The summed E-state index contributed by atoms with van der Waals surface area (Å²) in [6.45, 7) is 0.200. The van der Waals surface area contributed by atoms with Gasteiger partial charge in [0.1, 0.15) is 12.3 Å². The predicted octanol–water partition coefficient (Wildman–Crippen LogP) is 2.52. The highest BCUT2D eigenvalue weighted by Crippen LogP contribution is 2.38. The molecule has 128 valence electrons. The van der Waals surface area contributed by atoms with Crippen LogP contribution in [-0.4, -0.2) is 22.7 Å². The maximum Gasteiger partial charge on any atom is 0.265 e. The molecule has 0 bridgehead atoms. The minimum atomic E-state index is -0.473. The summed E-state index contributed by atoms with van der Waals surface area (Å²) in [5.74, 6) is 1.40. The molecule has 1 aromatic heterocycles. The fraction of sp³-hybridized carbons (Fsp3) is 0.400. The standard InChI is InChI=1S/C15H15BrN4O3.ClH/c16-9-2-3-10-11(6-9)22-8-13(21)20(10)7-12-18-14(19-23-12)15(17)4-1-5-15;/h2-3,6H,1,4-5,7-8,17H2;1H. The number of ether oxygens (including phenoxy) is 1. The van der Waals surface area contributed by atoms with Crippen LogP contribution >= 0.6 is 28.3 Å². The van der Waals surface area contributed by atoms with Crippen molar-refractivity contribution >= 4 is 39.9 Å². The fourth-order valence-corrected chi connectivity index (χ4v) is 3.13. The van der Waals surface area contributed by atoms with E-state index in [1.54, 1.807) is 4.90 Å². The summed E-state index contributed by atoms with van der Waals surface area (Å²) in [7, 11) is 0. The normalized spacial score (nSPS) is 18.2. The highest BCUT2D eigenvalue weighted by molar-refractivity contribution is 9.10. The van der Waals surface area contributed by atoms with E-state index in [0.717, 1.165) is 23.7 Å². The number of anilines is 1. The number of carbonyl (C=O) groups is 1. The van der Waals surface area contributed by atoms with Gasteiger partial charge in [-0.3, -0.25) is 9.69 Å². The van der Waals surface area contributed by atoms with E-state index in [9.17, 15) is 4.79 Å². The van der Waals surface area contributed by atoms with Gasteiger partial charge in [-0.1, -0.05) is 21.1 Å². The largest absolute Gasteiger partial charge is 0.482 e. The zero-order valence-electron chi connectivity index (χ0n) is 12.7. The van der Waals surface area contributed by atoms with Crippen LogP contribution in [0.3, 0.4) is 0 Å². The summed E-state index contributed by atoms with van der Waals surface area (Å²) in [5.41, 5.74) is 6.42. The lowest BCUT2D eigenvalue weighted by Gasteiger charge is -2.34. The highest BCUT2D eigenvalue weighted by atomic mass is 79.9. The molecule has 2 aliphatic rings. The lowest BCUT2D eigenvalue weighted by atomic mass is 9.77. The van der Waals surface area contributed by atoms with E-state index in [-0.39, 0.29) is 31.5 Å². The number of rotatable bonds is 3. The Balaban J connectivity index is 0.00000169. The Morgan fingerprint density at radius 2 is 2.17 bits per heavy atom. The molecule has 0 unspecified atom stereocenters. The smallest absolute Gasteiger partial charge is 0.265 e. The molecule has 7 nitrogen and oxygen atoms in total. The molecule has 24 heavy (non-hydrogen) atoms. The Morgan fingerprint density at radius 1 is 1.38 bits per heavy atom. The molecular weight excluding hydrogens is 400 g/mol. The summed E-state index contributed by atoms with van der Waals surface area (Å²) < 4.78 is 11.6. The third-order valence-electron chi connectivity index (χ3n) is 4.32. The Hall–Kier alpha value is -1.64. The maximum absolute atomic E-state index is 12.2. The molecule has 1 fully saturated rings. The van der Waals surface area contributed by atoms with E-state index in [1.807, 2.05) is 18.2 Å². The van der Waals surface area contributed by atoms with Crippen LogP contribution in [0.2, 0.25) is 0 Å². The van der Waals surface area contributed by atoms with Crippen LogP contribution in [0.15, 0.2) is 27.2 Å². The van der Waals surface area contributed by atoms with Crippen LogP contribution in [0.1, 0.15) is 31.0 Å². The molecule has 0 saturated heterocycles. The third-order valence-corrected chi connectivity index (χ3v) is 4.81. The van der Waals surface area contributed by atoms with Gasteiger partial charge in [0.25, 0.3) is 5.91 Å². The molecule has 0 atom stereocenters. The first-order chi connectivity index (χ1) is 11.0. The molecule has 0 spiro atoms. The van der Waals surface area contributed by atoms with E-state index >= 15 is 0 Å². The number of hydrogen-bond donors (Lipinski definition) is 1. The van der Waals surface area contributed by atoms with E-state index in [4.69, 9.17) is 15.0 Å². The van der Waals surface area contributed by atoms with E-state index in [0.29, 0.717) is 23.2 Å². The van der Waals surface area contributed by atoms with Crippen molar-refractivity contribution in [3.8, 4) is 5.75 Å². The summed E-state index contributed by atoms with van der Waals surface area (Å²) in [5, 5.41) is 3.98. The Morgan fingerprint density at radius 3 is 2.88 bits per heavy atom. The second-order valence-electron chi connectivity index (χ2n) is 5.90. The zero-order valence-corrected chi connectivity index (χ0v) is 15.1. The van der Waals surface area contributed by atoms with Gasteiger partial charge in [-0.05, 0) is 37.5 Å². The van der Waals surface area contributed by atoms with Crippen LogP contribution in [-0.2, 0) is 16.9 Å². The van der Waals surface area contributed by atoms with Gasteiger partial charge in [0.05, 0.1) is 11.2 Å². The lowest BCUT2D eigenvalue weighted by Crippen LogP contribution is -2.44. The number of nitrogens with two attached hydrogens (primary N) is 1. The van der Waals surface area contributed by atoms with Gasteiger partial charge in [-0.25, -0.2) is 0 Å². The maximum atomic E-state index is 12.2. The molecule has 1 aliphatic heterocycles. The van der Waals surface area contributed by atoms with Crippen molar-refractivity contribution < 1.29 is 14.1 Å². The molecule has 9 heteroatoms. The van der Waals surface area contributed by atoms with Gasteiger partial charge in [-0.2, -0.15) is 4.98 Å². The predicted molar refractivity (Wildman–Crippen MR) is 92.1 cm³/mol. The van der Waals surface area contributed by atoms with Crippen LogP contribution in [0.4, 0.5) is 5.69 Å². The first-order valence-electron chi connectivity index (χ1n) is 7.40. The quantitative estimate of drug-likeness (QED) is 0.828. The monoisotopic (exact) mass is 414 g/mol. The zero-order chi connectivity index (χ0) is 16.0. The van der Waals surface area contributed by atoms with Gasteiger partial charge >= 0.3 is 0 Å². The minimum absolute atomic E-state index is 0. The first kappa shape index (κ1) is 17.2. The number of fused-ring (bicyclic) bond motifs is 1. The van der Waals surface area contributed by atoms with Crippen molar-refractivity contribution in [3.05, 3.63) is 34.4 Å². The van der Waals surface area contributed by atoms with Gasteiger partial charge in [0, 0.05) is 4.47 Å². The van der Waals surface area contributed by atoms with Crippen molar-refractivity contribution in [2.24, 2.45) is 5.73 Å². The van der Waals surface area contributed by atoms with Crippen LogP contribution in [0, 0.1) is 0 Å². The summed E-state index contributed by atoms with van der Waals surface area (Å²) in [6, 6.07) is 5.51. The van der Waals surface area contributed by atoms with Crippen molar-refractivity contribution in [2.45, 2.75) is 31.3 Å². The highest BCUT2D eigenvalue weighted by Gasteiger charge is 2.39. The first-order valence-corrected chi connectivity index (χ1v) is 8.19. The van der Waals surface area contributed by atoms with Crippen molar-refractivity contribution in [1.82, 2.24) is 10.1 Å². The number of aromatic nitrogens is 2. The van der Waals surface area contributed by atoms with Crippen LogP contribution < -0.4 is 15.4 Å². The molecule has 2 heterocycles. The lowest BCUT2D eigenvalue weighted by molar-refractivity contribution is -0.121. The second-order valence-corrected chi connectivity index (χ2v) is 6.82. The average Bonchev–Trinajstić information content (AvgIpc) is 2.97. The molecule has 2 N–H and O–H groups in total. The van der Waals surface area contributed by atoms with Crippen LogP contribution in [0.25, 0.3) is 0 Å². The summed E-state index contributed by atoms with van der Waals surface area (Å²) >= 11 is 3.39. The summed E-state index contributed by atoms with van der Waals surface area (Å²) in [4.78, 5) is 18.2. The number of amides is 1. The molecule has 4 rings (SSSR count). The third kappa shape index (κ3) is 2.89. The second kappa shape index (κ2) is 6.34. The number of hydrogen-bond acceptors (Lipinski definition) is 6. The number of benzene rings is 1. The van der Waals surface area contributed by atoms with Gasteiger partial charge in [0.15, 0.2) is 12.4 Å². The topological polar surface area (TPSA) is 94.5 Å². The molecule has 1 aromatic carbocycles. The molecule has 0 radical (unpaired) electrons. The Bertz CT molecular complexity index is 778. The van der Waals surface area contributed by atoms with Crippen molar-refractivity contribution in [1.29, 1.82) is 0 Å². The molecule has 1 aliphatic carbocycles. The van der Waals surface area contributed by atoms with Crippen molar-refractivity contribution in [2.75, 3.05) is 11.5 Å². The van der Waals surface area contributed by atoms with E-state index in [1.165, 1.54) is 0 Å². The Labute approximate surface area is 153 Å². The molecule has 2 aromatic rings. The number of halogens is 2. The molecule has 1 saturated carbocycles. The average molecular weight is 416 g/mol. The SMILES string of the molecule is Cl.NC1(c2noc(CN3C(=O)COc4cc(Br)ccc43)n2)CCC1. The number of carbonyl (C=O) groups excluding carboxylic acids is 1. The van der Waals surface area contributed by atoms with Gasteiger partial charge in [0.2, 0.25) is 5.89 Å². The van der Waals surface area contributed by atoms with E-state index < -0.39 is 5.54 Å². The fourth-order valence-electron chi connectivity index (χ4n) is 2.79. The number of nitrogens with zero attached hydrogens (tertiary/aromatic N) is 3. The van der Waals surface area contributed by atoms with E-state index in [2.05, 4.69) is 26.1 Å². The van der Waals surface area contributed by atoms with Crippen LogP contribution in [0.5, 0.6) is 5.75 Å². The van der Waals surface area contributed by atoms with Gasteiger partial charge in [-0.15, -0.1) is 12.4 Å². The summed E-state index contributed by atoms with van der Waals surface area (Å²) in [6.07, 6.45) is 2.79. The Kier molecular flexibility index (Phi) is 4.54. The molecular formula is C15H16BrClN4O3.